The van der Waals surface area contributed by atoms with Gasteiger partial charge in [0.2, 0.25) is 0 Å². The number of hydrogen-bond acceptors (Lipinski definition) is 4. The summed E-state index contributed by atoms with van der Waals surface area (Å²) in [5, 5.41) is 0. The van der Waals surface area contributed by atoms with Crippen molar-refractivity contribution >= 4 is 11.9 Å². The van der Waals surface area contributed by atoms with Crippen molar-refractivity contribution in [3.63, 3.8) is 0 Å². The quantitative estimate of drug-likeness (QED) is 0.575. The fourth-order valence-electron chi connectivity index (χ4n) is 2.08. The second-order valence-corrected chi connectivity index (χ2v) is 5.23. The van der Waals surface area contributed by atoms with Crippen LogP contribution in [-0.4, -0.2) is 24.6 Å². The van der Waals surface area contributed by atoms with E-state index >= 15 is 0 Å². The highest BCUT2D eigenvalue weighted by atomic mass is 16.5. The van der Waals surface area contributed by atoms with E-state index in [1.807, 2.05) is 19.1 Å². The third kappa shape index (κ3) is 5.58. The SMILES string of the molecule is CC(CCCOC(=O)c1ccccc1)OC(=O)c1ccccc1. The molecule has 0 N–H and O–H groups in total. The fourth-order valence-corrected chi connectivity index (χ4v) is 2.08. The second kappa shape index (κ2) is 8.73. The topological polar surface area (TPSA) is 52.6 Å². The van der Waals surface area contributed by atoms with E-state index in [1.165, 1.54) is 0 Å². The van der Waals surface area contributed by atoms with Gasteiger partial charge in [-0.25, -0.2) is 9.59 Å². The molecule has 4 heteroatoms. The van der Waals surface area contributed by atoms with Crippen LogP contribution < -0.4 is 0 Å². The largest absolute Gasteiger partial charge is 0.462 e. The third-order valence-corrected chi connectivity index (χ3v) is 3.32. The Hall–Kier alpha value is -2.62. The molecule has 0 aromatic heterocycles. The van der Waals surface area contributed by atoms with Crippen LogP contribution in [0.1, 0.15) is 40.5 Å². The van der Waals surface area contributed by atoms with E-state index in [-0.39, 0.29) is 18.0 Å². The summed E-state index contributed by atoms with van der Waals surface area (Å²) in [4.78, 5) is 23.6. The first-order chi connectivity index (χ1) is 11.2. The Bertz CT molecular complexity index is 622. The van der Waals surface area contributed by atoms with Gasteiger partial charge in [-0.3, -0.25) is 0 Å². The third-order valence-electron chi connectivity index (χ3n) is 3.32. The average molecular weight is 312 g/mol. The first-order valence-corrected chi connectivity index (χ1v) is 7.65. The lowest BCUT2D eigenvalue weighted by Gasteiger charge is -2.13. The normalized spacial score (nSPS) is 11.5. The van der Waals surface area contributed by atoms with Crippen molar-refractivity contribution in [3.8, 4) is 0 Å². The Balaban J connectivity index is 1.66. The number of benzene rings is 2. The highest BCUT2D eigenvalue weighted by Crippen LogP contribution is 2.08. The summed E-state index contributed by atoms with van der Waals surface area (Å²) in [6, 6.07) is 17.7. The van der Waals surface area contributed by atoms with E-state index in [0.717, 1.165) is 0 Å². The Kier molecular flexibility index (Phi) is 6.36. The highest BCUT2D eigenvalue weighted by molar-refractivity contribution is 5.89. The van der Waals surface area contributed by atoms with Crippen LogP contribution in [0.4, 0.5) is 0 Å². The lowest BCUT2D eigenvalue weighted by atomic mass is 10.2. The number of hydrogen-bond donors (Lipinski definition) is 0. The van der Waals surface area contributed by atoms with E-state index in [2.05, 4.69) is 0 Å². The first-order valence-electron chi connectivity index (χ1n) is 7.65. The zero-order valence-electron chi connectivity index (χ0n) is 13.1. The summed E-state index contributed by atoms with van der Waals surface area (Å²) >= 11 is 0. The van der Waals surface area contributed by atoms with Crippen molar-refractivity contribution in [1.29, 1.82) is 0 Å². The Morgan fingerprint density at radius 3 is 1.96 bits per heavy atom. The van der Waals surface area contributed by atoms with Gasteiger partial charge < -0.3 is 9.47 Å². The first kappa shape index (κ1) is 16.7. The Morgan fingerprint density at radius 1 is 0.870 bits per heavy atom. The molecule has 0 radical (unpaired) electrons. The minimum atomic E-state index is -0.334. The summed E-state index contributed by atoms with van der Waals surface area (Å²) in [6.07, 6.45) is 1.06. The van der Waals surface area contributed by atoms with Gasteiger partial charge in [0, 0.05) is 0 Å². The standard InChI is InChI=1S/C19H20O4/c1-15(23-19(21)17-12-6-3-7-13-17)9-8-14-22-18(20)16-10-4-2-5-11-16/h2-7,10-13,15H,8-9,14H2,1H3. The van der Waals surface area contributed by atoms with Crippen molar-refractivity contribution < 1.29 is 19.1 Å². The average Bonchev–Trinajstić information content (AvgIpc) is 2.60. The van der Waals surface area contributed by atoms with Gasteiger partial charge >= 0.3 is 11.9 Å². The molecule has 23 heavy (non-hydrogen) atoms. The molecule has 2 aromatic carbocycles. The molecule has 0 saturated carbocycles. The van der Waals surface area contributed by atoms with Gasteiger partial charge in [-0.05, 0) is 44.0 Å². The van der Waals surface area contributed by atoms with Gasteiger partial charge in [-0.15, -0.1) is 0 Å². The van der Waals surface area contributed by atoms with Crippen molar-refractivity contribution in [2.45, 2.75) is 25.9 Å². The molecular weight excluding hydrogens is 292 g/mol. The molecule has 0 aliphatic rings. The van der Waals surface area contributed by atoms with Crippen LogP contribution in [0.3, 0.4) is 0 Å². The van der Waals surface area contributed by atoms with Gasteiger partial charge in [0.25, 0.3) is 0 Å². The maximum absolute atomic E-state index is 11.9. The molecule has 0 fully saturated rings. The summed E-state index contributed by atoms with van der Waals surface area (Å²) in [5.41, 5.74) is 1.07. The van der Waals surface area contributed by atoms with Gasteiger partial charge in [0.05, 0.1) is 23.8 Å². The molecule has 1 atom stereocenters. The van der Waals surface area contributed by atoms with Crippen molar-refractivity contribution in [1.82, 2.24) is 0 Å². The zero-order chi connectivity index (χ0) is 16.5. The highest BCUT2D eigenvalue weighted by Gasteiger charge is 2.12. The number of carbonyl (C=O) groups is 2. The molecule has 1 unspecified atom stereocenters. The predicted octanol–water partition coefficient (Wildman–Crippen LogP) is 3.87. The molecule has 0 spiro atoms. The molecule has 0 saturated heterocycles. The van der Waals surface area contributed by atoms with E-state index in [1.54, 1.807) is 48.5 Å². The van der Waals surface area contributed by atoms with Crippen molar-refractivity contribution in [2.75, 3.05) is 6.61 Å². The number of ether oxygens (including phenoxy) is 2. The monoisotopic (exact) mass is 312 g/mol. The minimum Gasteiger partial charge on any atom is -0.462 e. The van der Waals surface area contributed by atoms with Crippen LogP contribution in [0, 0.1) is 0 Å². The summed E-state index contributed by atoms with van der Waals surface area (Å²) in [6.45, 7) is 2.14. The lowest BCUT2D eigenvalue weighted by molar-refractivity contribution is 0.0280. The van der Waals surface area contributed by atoms with Crippen molar-refractivity contribution in [3.05, 3.63) is 71.8 Å². The molecular formula is C19H20O4. The smallest absolute Gasteiger partial charge is 0.338 e. The van der Waals surface area contributed by atoms with Crippen molar-refractivity contribution in [2.24, 2.45) is 0 Å². The van der Waals surface area contributed by atoms with Crippen LogP contribution in [0.15, 0.2) is 60.7 Å². The molecule has 0 bridgehead atoms. The molecule has 2 aromatic rings. The van der Waals surface area contributed by atoms with Gasteiger partial charge in [-0.1, -0.05) is 36.4 Å². The molecule has 0 heterocycles. The number of esters is 2. The van der Waals surface area contributed by atoms with Gasteiger partial charge in [0.15, 0.2) is 0 Å². The molecule has 0 aliphatic heterocycles. The predicted molar refractivity (Wildman–Crippen MR) is 87.3 cm³/mol. The van der Waals surface area contributed by atoms with Gasteiger partial charge in [-0.2, -0.15) is 0 Å². The maximum atomic E-state index is 11.9. The van der Waals surface area contributed by atoms with E-state index in [9.17, 15) is 9.59 Å². The molecule has 2 rings (SSSR count). The van der Waals surface area contributed by atoms with Crippen LogP contribution >= 0.6 is 0 Å². The summed E-state index contributed by atoms with van der Waals surface area (Å²) < 4.78 is 10.5. The van der Waals surface area contributed by atoms with E-state index in [0.29, 0.717) is 30.6 Å². The van der Waals surface area contributed by atoms with Crippen LogP contribution in [0.5, 0.6) is 0 Å². The summed E-state index contributed by atoms with van der Waals surface area (Å²) in [7, 11) is 0. The molecule has 4 nitrogen and oxygen atoms in total. The van der Waals surface area contributed by atoms with Crippen LogP contribution in [-0.2, 0) is 9.47 Å². The summed E-state index contributed by atoms with van der Waals surface area (Å²) in [5.74, 6) is -0.668. The van der Waals surface area contributed by atoms with Crippen LogP contribution in [0.2, 0.25) is 0 Å². The fraction of sp³-hybridized carbons (Fsp3) is 0.263. The second-order valence-electron chi connectivity index (χ2n) is 5.23. The lowest BCUT2D eigenvalue weighted by Crippen LogP contribution is -2.16. The number of carbonyl (C=O) groups excluding carboxylic acids is 2. The number of rotatable bonds is 7. The molecule has 120 valence electrons. The zero-order valence-corrected chi connectivity index (χ0v) is 13.1. The maximum Gasteiger partial charge on any atom is 0.338 e. The Labute approximate surface area is 136 Å². The minimum absolute atomic E-state index is 0.224. The molecule has 0 amide bonds. The van der Waals surface area contributed by atoms with Crippen LogP contribution in [0.25, 0.3) is 0 Å². The van der Waals surface area contributed by atoms with E-state index in [4.69, 9.17) is 9.47 Å². The Morgan fingerprint density at radius 2 is 1.39 bits per heavy atom. The van der Waals surface area contributed by atoms with E-state index < -0.39 is 0 Å². The molecule has 0 aliphatic carbocycles. The van der Waals surface area contributed by atoms with Gasteiger partial charge in [0.1, 0.15) is 0 Å².